The van der Waals surface area contributed by atoms with Gasteiger partial charge in [0.15, 0.2) is 0 Å². The Bertz CT molecular complexity index is 774. The molecule has 0 fully saturated rings. The van der Waals surface area contributed by atoms with E-state index in [1.54, 1.807) is 14.0 Å². The van der Waals surface area contributed by atoms with Crippen molar-refractivity contribution in [1.29, 1.82) is 0 Å². The largest absolute Gasteiger partial charge is 0.350 e. The topological polar surface area (TPSA) is 67.2 Å². The van der Waals surface area contributed by atoms with Crippen LogP contribution in [0.4, 0.5) is 0 Å². The van der Waals surface area contributed by atoms with Gasteiger partial charge in [-0.05, 0) is 32.5 Å². The first-order valence-corrected chi connectivity index (χ1v) is 8.69. The molecule has 0 aromatic carbocycles. The van der Waals surface area contributed by atoms with Gasteiger partial charge in [-0.25, -0.2) is 4.98 Å². The Morgan fingerprint density at radius 2 is 1.96 bits per heavy atom. The molecule has 7 heteroatoms. The van der Waals surface area contributed by atoms with Crippen LogP contribution >= 0.6 is 11.3 Å². The van der Waals surface area contributed by atoms with Gasteiger partial charge in [0, 0.05) is 20.1 Å². The zero-order valence-corrected chi connectivity index (χ0v) is 15.2. The normalized spacial score (nSPS) is 11.4. The number of fused-ring (bicyclic) bond motifs is 1. The maximum Gasteiger partial charge on any atom is 0.262 e. The number of aryl methyl sites for hydroxylation is 2. The fourth-order valence-electron chi connectivity index (χ4n) is 2.53. The summed E-state index contributed by atoms with van der Waals surface area (Å²) in [6.07, 6.45) is 0. The predicted octanol–water partition coefficient (Wildman–Crippen LogP) is 1.68. The summed E-state index contributed by atoms with van der Waals surface area (Å²) in [5, 5.41) is 3.49. The molecule has 0 aliphatic carbocycles. The lowest BCUT2D eigenvalue weighted by Crippen LogP contribution is -2.34. The van der Waals surface area contributed by atoms with E-state index >= 15 is 0 Å². The van der Waals surface area contributed by atoms with Gasteiger partial charge in [0.2, 0.25) is 0 Å². The molecule has 2 rings (SSSR count). The smallest absolute Gasteiger partial charge is 0.262 e. The monoisotopic (exact) mass is 336 g/mol. The molecular weight excluding hydrogens is 312 g/mol. The fourth-order valence-corrected chi connectivity index (χ4v) is 3.66. The van der Waals surface area contributed by atoms with Gasteiger partial charge in [-0.3, -0.25) is 14.2 Å². The summed E-state index contributed by atoms with van der Waals surface area (Å²) in [7, 11) is 1.70. The minimum absolute atomic E-state index is 0.0940. The molecule has 2 aromatic heterocycles. The Morgan fingerprint density at radius 1 is 1.30 bits per heavy atom. The van der Waals surface area contributed by atoms with Gasteiger partial charge in [-0.2, -0.15) is 0 Å². The molecule has 6 nitrogen and oxygen atoms in total. The van der Waals surface area contributed by atoms with Crippen molar-refractivity contribution in [3.8, 4) is 0 Å². The highest BCUT2D eigenvalue weighted by atomic mass is 32.1. The molecule has 2 aromatic rings. The minimum Gasteiger partial charge on any atom is -0.350 e. The number of rotatable bonds is 6. The molecule has 0 saturated carbocycles. The van der Waals surface area contributed by atoms with E-state index in [1.807, 2.05) is 6.92 Å². The van der Waals surface area contributed by atoms with Gasteiger partial charge in [-0.1, -0.05) is 13.8 Å². The molecule has 0 unspecified atom stereocenters. The highest BCUT2D eigenvalue weighted by molar-refractivity contribution is 7.20. The highest BCUT2D eigenvalue weighted by Crippen LogP contribution is 2.27. The van der Waals surface area contributed by atoms with Crippen LogP contribution in [0.2, 0.25) is 0 Å². The third kappa shape index (κ3) is 3.45. The van der Waals surface area contributed by atoms with Crippen LogP contribution in [0.3, 0.4) is 0 Å². The molecule has 0 bridgehead atoms. The Hall–Kier alpha value is -1.73. The number of aromatic nitrogens is 2. The van der Waals surface area contributed by atoms with Gasteiger partial charge < -0.3 is 10.2 Å². The summed E-state index contributed by atoms with van der Waals surface area (Å²) in [6, 6.07) is 0. The predicted molar refractivity (Wildman–Crippen MR) is 94.5 cm³/mol. The first kappa shape index (κ1) is 17.6. The molecule has 0 saturated heterocycles. The van der Waals surface area contributed by atoms with E-state index in [4.69, 9.17) is 0 Å². The third-order valence-corrected chi connectivity index (χ3v) is 5.39. The van der Waals surface area contributed by atoms with E-state index in [0.29, 0.717) is 27.5 Å². The Morgan fingerprint density at radius 3 is 2.57 bits per heavy atom. The van der Waals surface area contributed by atoms with Crippen LogP contribution in [-0.2, 0) is 7.05 Å². The van der Waals surface area contributed by atoms with E-state index in [2.05, 4.69) is 29.0 Å². The maximum atomic E-state index is 12.4. The third-order valence-electron chi connectivity index (χ3n) is 4.21. The second-order valence-corrected chi connectivity index (χ2v) is 6.54. The molecule has 0 aliphatic rings. The van der Waals surface area contributed by atoms with Crippen molar-refractivity contribution in [2.24, 2.45) is 7.05 Å². The van der Waals surface area contributed by atoms with E-state index in [-0.39, 0.29) is 11.5 Å². The van der Waals surface area contributed by atoms with Gasteiger partial charge >= 0.3 is 0 Å². The maximum absolute atomic E-state index is 12.4. The number of nitrogens with zero attached hydrogens (tertiary/aromatic N) is 3. The zero-order chi connectivity index (χ0) is 17.1. The molecule has 1 N–H and O–H groups in total. The average molecular weight is 336 g/mol. The summed E-state index contributed by atoms with van der Waals surface area (Å²) in [6.45, 7) is 11.2. The highest BCUT2D eigenvalue weighted by Gasteiger charge is 2.19. The molecule has 0 radical (unpaired) electrons. The second-order valence-electron chi connectivity index (χ2n) is 5.54. The molecule has 2 heterocycles. The van der Waals surface area contributed by atoms with Crippen molar-refractivity contribution in [3.05, 3.63) is 26.6 Å². The Kier molecular flexibility index (Phi) is 5.54. The molecule has 0 spiro atoms. The van der Waals surface area contributed by atoms with E-state index in [0.717, 1.165) is 25.2 Å². The number of likely N-dealkylation sites (N-methyl/N-ethyl adjacent to an activating group) is 1. The second kappa shape index (κ2) is 7.23. The SMILES string of the molecule is CCN(CC)CCNC(=O)c1sc2nc(C)n(C)c(=O)c2c1C. The van der Waals surface area contributed by atoms with Crippen LogP contribution in [0, 0.1) is 13.8 Å². The summed E-state index contributed by atoms with van der Waals surface area (Å²) in [4.78, 5) is 32.7. The quantitative estimate of drug-likeness (QED) is 0.871. The van der Waals surface area contributed by atoms with Gasteiger partial charge in [0.1, 0.15) is 10.7 Å². The van der Waals surface area contributed by atoms with Crippen molar-refractivity contribution in [3.63, 3.8) is 0 Å². The number of carbonyl (C=O) groups is 1. The molecule has 23 heavy (non-hydrogen) atoms. The number of carbonyl (C=O) groups excluding carboxylic acids is 1. The van der Waals surface area contributed by atoms with Crippen molar-refractivity contribution in [1.82, 2.24) is 19.8 Å². The molecule has 0 atom stereocenters. The van der Waals surface area contributed by atoms with Gasteiger partial charge in [-0.15, -0.1) is 11.3 Å². The van der Waals surface area contributed by atoms with E-state index in [1.165, 1.54) is 15.9 Å². The van der Waals surface area contributed by atoms with Gasteiger partial charge in [0.05, 0.1) is 10.3 Å². The van der Waals surface area contributed by atoms with Crippen molar-refractivity contribution >= 4 is 27.5 Å². The average Bonchev–Trinajstić information content (AvgIpc) is 2.86. The molecule has 0 aliphatic heterocycles. The Labute approximate surface area is 140 Å². The van der Waals surface area contributed by atoms with Crippen LogP contribution < -0.4 is 10.9 Å². The molecular formula is C16H24N4O2S. The number of amides is 1. The van der Waals surface area contributed by atoms with Crippen LogP contribution in [0.1, 0.15) is 34.9 Å². The minimum atomic E-state index is -0.127. The number of thiophene rings is 1. The number of hydrogen-bond donors (Lipinski definition) is 1. The first-order chi connectivity index (χ1) is 10.9. The summed E-state index contributed by atoms with van der Waals surface area (Å²) in [5.41, 5.74) is 0.627. The van der Waals surface area contributed by atoms with Gasteiger partial charge in [0.25, 0.3) is 11.5 Å². The standard InChI is InChI=1S/C16H24N4O2S/c1-6-20(7-2)9-8-17-14(21)13-10(3)12-15(23-13)18-11(4)19(5)16(12)22/h6-9H2,1-5H3,(H,17,21). The first-order valence-electron chi connectivity index (χ1n) is 7.87. The lowest BCUT2D eigenvalue weighted by molar-refractivity contribution is 0.0952. The fraction of sp³-hybridized carbons (Fsp3) is 0.562. The molecule has 126 valence electrons. The lowest BCUT2D eigenvalue weighted by Gasteiger charge is -2.17. The summed E-state index contributed by atoms with van der Waals surface area (Å²) < 4.78 is 1.52. The van der Waals surface area contributed by atoms with Crippen LogP contribution in [0.15, 0.2) is 4.79 Å². The van der Waals surface area contributed by atoms with Crippen molar-refractivity contribution < 1.29 is 4.79 Å². The van der Waals surface area contributed by atoms with Crippen molar-refractivity contribution in [2.45, 2.75) is 27.7 Å². The van der Waals surface area contributed by atoms with Crippen LogP contribution in [0.5, 0.6) is 0 Å². The number of nitrogens with one attached hydrogen (secondary N) is 1. The lowest BCUT2D eigenvalue weighted by atomic mass is 10.2. The number of hydrogen-bond acceptors (Lipinski definition) is 5. The van der Waals surface area contributed by atoms with Crippen LogP contribution in [0.25, 0.3) is 10.2 Å². The molecule has 1 amide bonds. The van der Waals surface area contributed by atoms with Crippen LogP contribution in [-0.4, -0.2) is 46.5 Å². The summed E-state index contributed by atoms with van der Waals surface area (Å²) in [5.74, 6) is 0.523. The van der Waals surface area contributed by atoms with E-state index < -0.39 is 0 Å². The van der Waals surface area contributed by atoms with E-state index in [9.17, 15) is 9.59 Å². The van der Waals surface area contributed by atoms with Crippen molar-refractivity contribution in [2.75, 3.05) is 26.2 Å². The Balaban J connectivity index is 2.23. The summed E-state index contributed by atoms with van der Waals surface area (Å²) >= 11 is 1.29. The zero-order valence-electron chi connectivity index (χ0n) is 14.4.